The molecule has 1 heterocycles. The zero-order valence-corrected chi connectivity index (χ0v) is 14.0. The Hall–Kier alpha value is -2.16. The molecular weight excluding hydrogens is 286 g/mol. The molecule has 0 aromatic heterocycles. The molecular formula is C20H21NO2. The van der Waals surface area contributed by atoms with E-state index in [4.69, 9.17) is 0 Å². The van der Waals surface area contributed by atoms with Gasteiger partial charge in [0.1, 0.15) is 0 Å². The molecule has 1 aromatic rings. The summed E-state index contributed by atoms with van der Waals surface area (Å²) in [6.07, 6.45) is 4.26. The van der Waals surface area contributed by atoms with Crippen LogP contribution < -0.4 is 4.90 Å². The first-order chi connectivity index (χ1) is 10.9. The molecule has 0 radical (unpaired) electrons. The number of hydrogen-bond donors (Lipinski definition) is 0. The van der Waals surface area contributed by atoms with Crippen molar-refractivity contribution in [2.24, 2.45) is 23.7 Å². The Balaban J connectivity index is 1.80. The number of fused-ring (bicyclic) bond motifs is 5. The second-order valence-electron chi connectivity index (χ2n) is 7.25. The van der Waals surface area contributed by atoms with Crippen LogP contribution in [0.1, 0.15) is 25.0 Å². The van der Waals surface area contributed by atoms with Crippen LogP contribution in [0.2, 0.25) is 0 Å². The van der Waals surface area contributed by atoms with Crippen LogP contribution in [-0.2, 0) is 9.59 Å². The van der Waals surface area contributed by atoms with Crippen LogP contribution in [0.4, 0.5) is 5.69 Å². The SMILES string of the molecule is CC(C)=C1[C@H]2C=C[C@H]1[C@H]1C(=O)N(c3cc(C)ccc3C)C(=O)[C@H]12. The first kappa shape index (κ1) is 14.4. The Kier molecular flexibility index (Phi) is 2.93. The number of aryl methyl sites for hydroxylation is 2. The van der Waals surface area contributed by atoms with E-state index in [2.05, 4.69) is 26.0 Å². The normalized spacial score (nSPS) is 31.3. The minimum absolute atomic E-state index is 0.0238. The molecule has 3 heteroatoms. The quantitative estimate of drug-likeness (QED) is 0.587. The number of amides is 2. The maximum Gasteiger partial charge on any atom is 0.238 e. The molecule has 0 N–H and O–H groups in total. The summed E-state index contributed by atoms with van der Waals surface area (Å²) in [5.41, 5.74) is 5.34. The summed E-state index contributed by atoms with van der Waals surface area (Å²) in [6.45, 7) is 8.11. The molecule has 1 saturated carbocycles. The van der Waals surface area contributed by atoms with E-state index in [0.717, 1.165) is 16.8 Å². The lowest BCUT2D eigenvalue weighted by atomic mass is 9.85. The van der Waals surface area contributed by atoms with Crippen molar-refractivity contribution in [1.82, 2.24) is 0 Å². The number of allylic oxidation sites excluding steroid dienone is 4. The molecule has 2 bridgehead atoms. The van der Waals surface area contributed by atoms with E-state index in [1.807, 2.05) is 32.0 Å². The van der Waals surface area contributed by atoms with Crippen molar-refractivity contribution < 1.29 is 9.59 Å². The van der Waals surface area contributed by atoms with Gasteiger partial charge in [0.15, 0.2) is 0 Å². The highest BCUT2D eigenvalue weighted by molar-refractivity contribution is 6.23. The molecule has 1 aromatic carbocycles. The molecule has 4 rings (SSSR count). The average Bonchev–Trinajstić information content (AvgIpc) is 3.13. The van der Waals surface area contributed by atoms with Gasteiger partial charge in [-0.2, -0.15) is 0 Å². The number of carbonyl (C=O) groups excluding carboxylic acids is 2. The van der Waals surface area contributed by atoms with Crippen LogP contribution >= 0.6 is 0 Å². The zero-order chi connectivity index (χ0) is 16.5. The van der Waals surface area contributed by atoms with Crippen LogP contribution in [0.25, 0.3) is 0 Å². The summed E-state index contributed by atoms with van der Waals surface area (Å²) in [5, 5.41) is 0. The number of rotatable bonds is 1. The molecule has 23 heavy (non-hydrogen) atoms. The van der Waals surface area contributed by atoms with Crippen molar-refractivity contribution in [2.75, 3.05) is 4.90 Å². The predicted octanol–water partition coefficient (Wildman–Crippen LogP) is 3.56. The van der Waals surface area contributed by atoms with Crippen LogP contribution in [0.15, 0.2) is 41.5 Å². The Labute approximate surface area is 136 Å². The summed E-state index contributed by atoms with van der Waals surface area (Å²) < 4.78 is 0. The molecule has 3 aliphatic rings. The number of anilines is 1. The van der Waals surface area contributed by atoms with Gasteiger partial charge in [0.25, 0.3) is 0 Å². The monoisotopic (exact) mass is 307 g/mol. The zero-order valence-electron chi connectivity index (χ0n) is 14.0. The third kappa shape index (κ3) is 1.76. The van der Waals surface area contributed by atoms with Crippen molar-refractivity contribution in [3.63, 3.8) is 0 Å². The lowest BCUT2D eigenvalue weighted by Crippen LogP contribution is -2.33. The molecule has 1 aliphatic heterocycles. The number of carbonyl (C=O) groups is 2. The maximum absolute atomic E-state index is 13.1. The topological polar surface area (TPSA) is 37.4 Å². The van der Waals surface area contributed by atoms with E-state index in [1.54, 1.807) is 0 Å². The Morgan fingerprint density at radius 2 is 1.52 bits per heavy atom. The molecule has 118 valence electrons. The van der Waals surface area contributed by atoms with Gasteiger partial charge in [-0.3, -0.25) is 9.59 Å². The van der Waals surface area contributed by atoms with Crippen molar-refractivity contribution in [2.45, 2.75) is 27.7 Å². The van der Waals surface area contributed by atoms with E-state index in [0.29, 0.717) is 0 Å². The second kappa shape index (κ2) is 4.67. The fraction of sp³-hybridized carbons (Fsp3) is 0.400. The highest BCUT2D eigenvalue weighted by Gasteiger charge is 2.62. The summed E-state index contributed by atoms with van der Waals surface area (Å²) in [4.78, 5) is 27.6. The molecule has 0 unspecified atom stereocenters. The molecule has 2 aliphatic carbocycles. The van der Waals surface area contributed by atoms with Crippen molar-refractivity contribution in [1.29, 1.82) is 0 Å². The third-order valence-corrected chi connectivity index (χ3v) is 5.60. The number of nitrogens with zero attached hydrogens (tertiary/aromatic N) is 1. The van der Waals surface area contributed by atoms with Crippen molar-refractivity contribution in [3.8, 4) is 0 Å². The fourth-order valence-electron chi connectivity index (χ4n) is 4.63. The number of hydrogen-bond acceptors (Lipinski definition) is 2. The lowest BCUT2D eigenvalue weighted by Gasteiger charge is -2.21. The molecule has 2 amide bonds. The van der Waals surface area contributed by atoms with Gasteiger partial charge in [0.2, 0.25) is 11.8 Å². The van der Waals surface area contributed by atoms with Gasteiger partial charge in [-0.15, -0.1) is 0 Å². The van der Waals surface area contributed by atoms with E-state index >= 15 is 0 Å². The lowest BCUT2D eigenvalue weighted by molar-refractivity contribution is -0.122. The van der Waals surface area contributed by atoms with Gasteiger partial charge in [-0.1, -0.05) is 35.4 Å². The van der Waals surface area contributed by atoms with Gasteiger partial charge < -0.3 is 0 Å². The average molecular weight is 307 g/mol. The van der Waals surface area contributed by atoms with Gasteiger partial charge in [0.05, 0.1) is 17.5 Å². The van der Waals surface area contributed by atoms with Crippen LogP contribution in [0.5, 0.6) is 0 Å². The predicted molar refractivity (Wildman–Crippen MR) is 89.9 cm³/mol. The van der Waals surface area contributed by atoms with Gasteiger partial charge in [0, 0.05) is 11.8 Å². The van der Waals surface area contributed by atoms with E-state index in [1.165, 1.54) is 16.0 Å². The minimum Gasteiger partial charge on any atom is -0.274 e. The first-order valence-corrected chi connectivity index (χ1v) is 8.22. The summed E-state index contributed by atoms with van der Waals surface area (Å²) in [5.74, 6) is -0.235. The number of imide groups is 1. The maximum atomic E-state index is 13.1. The molecule has 3 nitrogen and oxygen atoms in total. The Morgan fingerprint density at radius 3 is 2.04 bits per heavy atom. The third-order valence-electron chi connectivity index (χ3n) is 5.60. The second-order valence-corrected chi connectivity index (χ2v) is 7.25. The van der Waals surface area contributed by atoms with E-state index in [-0.39, 0.29) is 35.5 Å². The van der Waals surface area contributed by atoms with Crippen LogP contribution in [-0.4, -0.2) is 11.8 Å². The van der Waals surface area contributed by atoms with Crippen LogP contribution in [0.3, 0.4) is 0 Å². The molecule has 2 fully saturated rings. The molecule has 0 spiro atoms. The van der Waals surface area contributed by atoms with Crippen molar-refractivity contribution in [3.05, 3.63) is 52.6 Å². The standard InChI is InChI=1S/C20H21NO2/c1-10(2)16-13-7-8-14(16)18-17(13)19(22)21(20(18)23)15-9-11(3)5-6-12(15)4/h5-9,13-14,17-18H,1-4H3/t13-,14-,17-,18+/m1/s1. The van der Waals surface area contributed by atoms with Gasteiger partial charge >= 0.3 is 0 Å². The van der Waals surface area contributed by atoms with Gasteiger partial charge in [-0.05, 0) is 44.9 Å². The fourth-order valence-corrected chi connectivity index (χ4v) is 4.63. The minimum atomic E-state index is -0.206. The van der Waals surface area contributed by atoms with Crippen molar-refractivity contribution >= 4 is 17.5 Å². The summed E-state index contributed by atoms with van der Waals surface area (Å²) in [6, 6.07) is 5.94. The Bertz CT molecular complexity index is 764. The van der Waals surface area contributed by atoms with E-state index in [9.17, 15) is 9.59 Å². The van der Waals surface area contributed by atoms with Crippen LogP contribution in [0, 0.1) is 37.5 Å². The smallest absolute Gasteiger partial charge is 0.238 e. The van der Waals surface area contributed by atoms with E-state index < -0.39 is 0 Å². The largest absolute Gasteiger partial charge is 0.274 e. The summed E-state index contributed by atoms with van der Waals surface area (Å²) >= 11 is 0. The number of benzene rings is 1. The highest BCUT2D eigenvalue weighted by Crippen LogP contribution is 2.57. The molecule has 1 saturated heterocycles. The van der Waals surface area contributed by atoms with Gasteiger partial charge in [-0.25, -0.2) is 4.90 Å². The first-order valence-electron chi connectivity index (χ1n) is 8.22. The highest BCUT2D eigenvalue weighted by atomic mass is 16.2. The Morgan fingerprint density at radius 1 is 0.957 bits per heavy atom. The summed E-state index contributed by atoms with van der Waals surface area (Å²) in [7, 11) is 0. The molecule has 4 atom stereocenters.